The summed E-state index contributed by atoms with van der Waals surface area (Å²) < 4.78 is 0. The van der Waals surface area contributed by atoms with Crippen molar-refractivity contribution >= 4 is 22.4 Å². The van der Waals surface area contributed by atoms with Gasteiger partial charge in [-0.25, -0.2) is 0 Å². The van der Waals surface area contributed by atoms with Crippen LogP contribution in [0.5, 0.6) is 0 Å². The summed E-state index contributed by atoms with van der Waals surface area (Å²) in [6.07, 6.45) is 0.847. The van der Waals surface area contributed by atoms with Crippen LogP contribution in [0.4, 0.5) is 5.13 Å². The Hall–Kier alpha value is -1.01. The van der Waals surface area contributed by atoms with E-state index in [9.17, 15) is 4.79 Å². The Morgan fingerprint density at radius 3 is 2.85 bits per heavy atom. The summed E-state index contributed by atoms with van der Waals surface area (Å²) in [5, 5.41) is 14.6. The summed E-state index contributed by atoms with van der Waals surface area (Å²) in [5.74, 6) is -0.0960. The van der Waals surface area contributed by atoms with Gasteiger partial charge in [0.15, 0.2) is 0 Å². The summed E-state index contributed by atoms with van der Waals surface area (Å²) in [6.45, 7) is 2.29. The monoisotopic (exact) mass is 200 g/mol. The van der Waals surface area contributed by atoms with E-state index in [4.69, 9.17) is 0 Å². The summed E-state index contributed by atoms with van der Waals surface area (Å²) in [6, 6.07) is 0. The minimum Gasteiger partial charge on any atom is -0.311 e. The van der Waals surface area contributed by atoms with Crippen molar-refractivity contribution in [1.82, 2.24) is 15.5 Å². The summed E-state index contributed by atoms with van der Waals surface area (Å²) in [7, 11) is 1.72. The lowest BCUT2D eigenvalue weighted by Crippen LogP contribution is -2.24. The van der Waals surface area contributed by atoms with Gasteiger partial charge in [0.2, 0.25) is 11.0 Å². The second-order valence-electron chi connectivity index (χ2n) is 2.43. The van der Waals surface area contributed by atoms with Crippen molar-refractivity contribution in [3.05, 3.63) is 5.01 Å². The number of aryl methyl sites for hydroxylation is 1. The number of hydrogen-bond donors (Lipinski definition) is 2. The van der Waals surface area contributed by atoms with E-state index in [-0.39, 0.29) is 5.91 Å². The van der Waals surface area contributed by atoms with Crippen molar-refractivity contribution in [2.24, 2.45) is 0 Å². The third kappa shape index (κ3) is 3.08. The molecule has 0 unspecified atom stereocenters. The van der Waals surface area contributed by atoms with Gasteiger partial charge >= 0.3 is 0 Å². The average molecular weight is 200 g/mol. The number of carbonyl (C=O) groups excluding carboxylic acids is 1. The zero-order valence-electron chi connectivity index (χ0n) is 7.63. The van der Waals surface area contributed by atoms with Crippen LogP contribution in [0.25, 0.3) is 0 Å². The van der Waals surface area contributed by atoms with Crippen molar-refractivity contribution in [1.29, 1.82) is 0 Å². The largest absolute Gasteiger partial charge is 0.311 e. The summed E-state index contributed by atoms with van der Waals surface area (Å²) in [4.78, 5) is 11.1. The first kappa shape index (κ1) is 10.1. The molecule has 0 aliphatic rings. The van der Waals surface area contributed by atoms with Gasteiger partial charge in [-0.2, -0.15) is 0 Å². The first-order valence-corrected chi connectivity index (χ1v) is 4.84. The van der Waals surface area contributed by atoms with E-state index >= 15 is 0 Å². The molecular weight excluding hydrogens is 188 g/mol. The van der Waals surface area contributed by atoms with Gasteiger partial charge in [-0.05, 0) is 13.5 Å². The van der Waals surface area contributed by atoms with Crippen molar-refractivity contribution in [2.75, 3.05) is 18.9 Å². The summed E-state index contributed by atoms with van der Waals surface area (Å²) >= 11 is 1.41. The zero-order chi connectivity index (χ0) is 9.68. The van der Waals surface area contributed by atoms with Gasteiger partial charge in [0.25, 0.3) is 0 Å². The molecule has 0 bridgehead atoms. The third-order valence-electron chi connectivity index (χ3n) is 1.35. The SMILES string of the molecule is CCc1nnc(NC(=O)CNC)s1. The molecule has 0 atom stereocenters. The quantitative estimate of drug-likeness (QED) is 0.731. The van der Waals surface area contributed by atoms with Gasteiger partial charge in [-0.1, -0.05) is 18.3 Å². The maximum absolute atomic E-state index is 11.1. The van der Waals surface area contributed by atoms with Gasteiger partial charge in [0.05, 0.1) is 6.54 Å². The summed E-state index contributed by atoms with van der Waals surface area (Å²) in [5.41, 5.74) is 0. The smallest absolute Gasteiger partial charge is 0.240 e. The molecule has 2 N–H and O–H groups in total. The van der Waals surface area contributed by atoms with Crippen LogP contribution < -0.4 is 10.6 Å². The molecular formula is C7H12N4OS. The highest BCUT2D eigenvalue weighted by molar-refractivity contribution is 7.15. The normalized spacial score (nSPS) is 10.0. The van der Waals surface area contributed by atoms with Gasteiger partial charge < -0.3 is 5.32 Å². The molecule has 1 heterocycles. The Bertz CT molecular complexity index is 286. The molecule has 0 fully saturated rings. The molecule has 0 spiro atoms. The van der Waals surface area contributed by atoms with Crippen molar-refractivity contribution in [3.8, 4) is 0 Å². The Balaban J connectivity index is 2.49. The number of aromatic nitrogens is 2. The van der Waals surface area contributed by atoms with E-state index in [1.807, 2.05) is 6.92 Å². The van der Waals surface area contributed by atoms with E-state index < -0.39 is 0 Å². The second kappa shape index (κ2) is 4.88. The Labute approximate surface area is 80.6 Å². The Morgan fingerprint density at radius 2 is 2.31 bits per heavy atom. The Kier molecular flexibility index (Phi) is 3.78. The lowest BCUT2D eigenvalue weighted by molar-refractivity contribution is -0.115. The third-order valence-corrected chi connectivity index (χ3v) is 2.34. The Morgan fingerprint density at radius 1 is 1.54 bits per heavy atom. The topological polar surface area (TPSA) is 66.9 Å². The molecule has 0 saturated carbocycles. The van der Waals surface area contributed by atoms with Crippen LogP contribution in [-0.4, -0.2) is 29.7 Å². The molecule has 0 radical (unpaired) electrons. The molecule has 13 heavy (non-hydrogen) atoms. The second-order valence-corrected chi connectivity index (χ2v) is 3.50. The maximum Gasteiger partial charge on any atom is 0.240 e. The first-order valence-electron chi connectivity index (χ1n) is 4.03. The fourth-order valence-electron chi connectivity index (χ4n) is 0.771. The number of nitrogens with zero attached hydrogens (tertiary/aromatic N) is 2. The molecule has 72 valence electrons. The number of rotatable bonds is 4. The van der Waals surface area contributed by atoms with Gasteiger partial charge in [-0.3, -0.25) is 10.1 Å². The maximum atomic E-state index is 11.1. The van der Waals surface area contributed by atoms with E-state index in [0.29, 0.717) is 11.7 Å². The molecule has 1 amide bonds. The molecule has 0 aliphatic heterocycles. The number of nitrogens with one attached hydrogen (secondary N) is 2. The number of amides is 1. The highest BCUT2D eigenvalue weighted by atomic mass is 32.1. The van der Waals surface area contributed by atoms with Crippen molar-refractivity contribution in [2.45, 2.75) is 13.3 Å². The lowest BCUT2D eigenvalue weighted by atomic mass is 10.5. The van der Waals surface area contributed by atoms with Crippen molar-refractivity contribution < 1.29 is 4.79 Å². The first-order chi connectivity index (χ1) is 6.26. The molecule has 0 aromatic carbocycles. The highest BCUT2D eigenvalue weighted by Gasteiger charge is 2.05. The van der Waals surface area contributed by atoms with Crippen LogP contribution in [0, 0.1) is 0 Å². The van der Waals surface area contributed by atoms with E-state index in [1.54, 1.807) is 7.05 Å². The van der Waals surface area contributed by atoms with E-state index in [2.05, 4.69) is 20.8 Å². The van der Waals surface area contributed by atoms with Crippen LogP contribution in [0.2, 0.25) is 0 Å². The molecule has 1 rings (SSSR count). The highest BCUT2D eigenvalue weighted by Crippen LogP contribution is 2.14. The molecule has 6 heteroatoms. The van der Waals surface area contributed by atoms with Crippen LogP contribution in [-0.2, 0) is 11.2 Å². The minimum absolute atomic E-state index is 0.0960. The predicted molar refractivity (Wildman–Crippen MR) is 51.8 cm³/mol. The zero-order valence-corrected chi connectivity index (χ0v) is 8.44. The molecule has 1 aromatic rings. The van der Waals surface area contributed by atoms with E-state index in [1.165, 1.54) is 11.3 Å². The number of hydrogen-bond acceptors (Lipinski definition) is 5. The molecule has 5 nitrogen and oxygen atoms in total. The van der Waals surface area contributed by atoms with Crippen LogP contribution in [0.15, 0.2) is 0 Å². The number of carbonyl (C=O) groups is 1. The van der Waals surface area contributed by atoms with Crippen molar-refractivity contribution in [3.63, 3.8) is 0 Å². The molecule has 1 aromatic heterocycles. The number of likely N-dealkylation sites (N-methyl/N-ethyl adjacent to an activating group) is 1. The fraction of sp³-hybridized carbons (Fsp3) is 0.571. The van der Waals surface area contributed by atoms with Crippen LogP contribution in [0.1, 0.15) is 11.9 Å². The molecule has 0 saturated heterocycles. The minimum atomic E-state index is -0.0960. The lowest BCUT2D eigenvalue weighted by Gasteiger charge is -1.97. The van der Waals surface area contributed by atoms with Gasteiger partial charge in [0.1, 0.15) is 5.01 Å². The van der Waals surface area contributed by atoms with E-state index in [0.717, 1.165) is 11.4 Å². The predicted octanol–water partition coefficient (Wildman–Crippen LogP) is 0.258. The van der Waals surface area contributed by atoms with Gasteiger partial charge in [0, 0.05) is 0 Å². The van der Waals surface area contributed by atoms with Crippen LogP contribution in [0.3, 0.4) is 0 Å². The molecule has 0 aliphatic carbocycles. The van der Waals surface area contributed by atoms with Crippen LogP contribution >= 0.6 is 11.3 Å². The average Bonchev–Trinajstić information content (AvgIpc) is 2.52. The number of anilines is 1. The fourth-order valence-corrected chi connectivity index (χ4v) is 1.47. The van der Waals surface area contributed by atoms with Gasteiger partial charge in [-0.15, -0.1) is 10.2 Å². The standard InChI is InChI=1S/C7H12N4OS/c1-3-6-10-11-7(13-6)9-5(12)4-8-2/h8H,3-4H2,1-2H3,(H,9,11,12).